The van der Waals surface area contributed by atoms with Gasteiger partial charge in [-0.05, 0) is 74.1 Å². The van der Waals surface area contributed by atoms with E-state index in [1.807, 2.05) is 48.7 Å². The van der Waals surface area contributed by atoms with E-state index < -0.39 is 30.4 Å². The van der Waals surface area contributed by atoms with Crippen molar-refractivity contribution in [2.24, 2.45) is 0 Å². The molecule has 226 valence electrons. The summed E-state index contributed by atoms with van der Waals surface area (Å²) in [6.45, 7) is 4.05. The SMILES string of the molecule is CC(C)n1c(CC[C@H](O)C[C@@H](O)CC(=O)O)c(-c2ccc(F)cc2)c(-c2ccccc2)c1C(=O)NCc1ccc(F)cc1. The van der Waals surface area contributed by atoms with Crippen LogP contribution in [0.5, 0.6) is 0 Å². The molecule has 4 aromatic rings. The van der Waals surface area contributed by atoms with Gasteiger partial charge >= 0.3 is 5.97 Å². The fourth-order valence-electron chi connectivity index (χ4n) is 5.38. The third-order valence-electron chi connectivity index (χ3n) is 7.27. The summed E-state index contributed by atoms with van der Waals surface area (Å²) in [5.41, 5.74) is 4.66. The highest BCUT2D eigenvalue weighted by Gasteiger charge is 2.30. The van der Waals surface area contributed by atoms with Crippen LogP contribution in [0.3, 0.4) is 0 Å². The third-order valence-corrected chi connectivity index (χ3v) is 7.27. The molecule has 4 rings (SSSR count). The van der Waals surface area contributed by atoms with E-state index in [9.17, 15) is 28.6 Å². The number of hydrogen-bond acceptors (Lipinski definition) is 4. The first-order valence-corrected chi connectivity index (χ1v) is 14.2. The number of nitrogens with zero attached hydrogens (tertiary/aromatic N) is 1. The quantitative estimate of drug-likeness (QED) is 0.150. The number of benzene rings is 3. The molecular weight excluding hydrogens is 554 g/mol. The smallest absolute Gasteiger partial charge is 0.305 e. The van der Waals surface area contributed by atoms with Crippen LogP contribution in [0, 0.1) is 11.6 Å². The number of carboxylic acid groups (broad SMARTS) is 1. The van der Waals surface area contributed by atoms with Crippen LogP contribution < -0.4 is 5.32 Å². The molecule has 0 bridgehead atoms. The second kappa shape index (κ2) is 14.2. The van der Waals surface area contributed by atoms with Crippen molar-refractivity contribution >= 4 is 11.9 Å². The summed E-state index contributed by atoms with van der Waals surface area (Å²) in [6, 6.07) is 21.1. The number of nitrogens with one attached hydrogen (secondary N) is 1. The van der Waals surface area contributed by atoms with E-state index in [1.54, 1.807) is 24.3 Å². The van der Waals surface area contributed by atoms with Crippen LogP contribution in [0.1, 0.15) is 60.9 Å². The Kier molecular flexibility index (Phi) is 10.4. The number of hydrogen-bond donors (Lipinski definition) is 4. The number of aliphatic carboxylic acids is 1. The van der Waals surface area contributed by atoms with Crippen molar-refractivity contribution in [2.75, 3.05) is 0 Å². The van der Waals surface area contributed by atoms with Gasteiger partial charge in [0.2, 0.25) is 0 Å². The zero-order valence-electron chi connectivity index (χ0n) is 24.1. The molecule has 1 amide bonds. The predicted molar refractivity (Wildman–Crippen MR) is 160 cm³/mol. The third kappa shape index (κ3) is 7.94. The summed E-state index contributed by atoms with van der Waals surface area (Å²) in [6.07, 6.45) is -2.31. The number of carboxylic acids is 1. The van der Waals surface area contributed by atoms with Crippen molar-refractivity contribution in [3.63, 3.8) is 0 Å². The zero-order chi connectivity index (χ0) is 31.1. The van der Waals surface area contributed by atoms with E-state index in [-0.39, 0.29) is 43.6 Å². The summed E-state index contributed by atoms with van der Waals surface area (Å²) >= 11 is 0. The van der Waals surface area contributed by atoms with Gasteiger partial charge in [0, 0.05) is 29.4 Å². The molecule has 2 atom stereocenters. The molecule has 0 spiro atoms. The molecule has 4 N–H and O–H groups in total. The number of aliphatic hydroxyl groups is 2. The largest absolute Gasteiger partial charge is 0.481 e. The average Bonchev–Trinajstić information content (AvgIpc) is 3.31. The highest BCUT2D eigenvalue weighted by molar-refractivity contribution is 6.05. The average molecular weight is 591 g/mol. The highest BCUT2D eigenvalue weighted by atomic mass is 19.1. The first-order valence-electron chi connectivity index (χ1n) is 14.2. The maximum absolute atomic E-state index is 14.0. The van der Waals surface area contributed by atoms with Gasteiger partial charge in [0.1, 0.15) is 17.3 Å². The van der Waals surface area contributed by atoms with E-state index in [4.69, 9.17) is 5.11 Å². The van der Waals surface area contributed by atoms with Crippen LogP contribution in [-0.4, -0.2) is 44.0 Å². The van der Waals surface area contributed by atoms with E-state index in [1.165, 1.54) is 24.3 Å². The number of carbonyl (C=O) groups excluding carboxylic acids is 1. The summed E-state index contributed by atoms with van der Waals surface area (Å²) < 4.78 is 29.4. The second-order valence-corrected chi connectivity index (χ2v) is 10.9. The Bertz CT molecular complexity index is 1530. The highest BCUT2D eigenvalue weighted by Crippen LogP contribution is 2.42. The molecule has 0 fully saturated rings. The van der Waals surface area contributed by atoms with Gasteiger partial charge in [0.25, 0.3) is 5.91 Å². The zero-order valence-corrected chi connectivity index (χ0v) is 24.1. The minimum atomic E-state index is -1.20. The van der Waals surface area contributed by atoms with Crippen molar-refractivity contribution in [2.45, 2.75) is 64.3 Å². The molecule has 1 aromatic heterocycles. The lowest BCUT2D eigenvalue weighted by Crippen LogP contribution is -2.27. The molecule has 0 unspecified atom stereocenters. The van der Waals surface area contributed by atoms with Crippen LogP contribution in [-0.2, 0) is 17.8 Å². The van der Waals surface area contributed by atoms with Gasteiger partial charge < -0.3 is 25.2 Å². The number of rotatable bonds is 13. The van der Waals surface area contributed by atoms with Gasteiger partial charge in [-0.15, -0.1) is 0 Å². The van der Waals surface area contributed by atoms with Crippen molar-refractivity contribution in [3.8, 4) is 22.3 Å². The molecule has 7 nitrogen and oxygen atoms in total. The first-order chi connectivity index (χ1) is 20.5. The van der Waals surface area contributed by atoms with E-state index >= 15 is 0 Å². The predicted octanol–water partition coefficient (Wildman–Crippen LogP) is 6.13. The molecule has 43 heavy (non-hydrogen) atoms. The van der Waals surface area contributed by atoms with Gasteiger partial charge in [-0.25, -0.2) is 8.78 Å². The van der Waals surface area contributed by atoms with Crippen LogP contribution in [0.4, 0.5) is 8.78 Å². The Labute approximate surface area is 249 Å². The number of amides is 1. The van der Waals surface area contributed by atoms with Crippen LogP contribution in [0.2, 0.25) is 0 Å². The summed E-state index contributed by atoms with van der Waals surface area (Å²) in [7, 11) is 0. The lowest BCUT2D eigenvalue weighted by molar-refractivity contribution is -0.139. The lowest BCUT2D eigenvalue weighted by Gasteiger charge is -2.20. The Morgan fingerprint density at radius 1 is 0.814 bits per heavy atom. The Morgan fingerprint density at radius 3 is 1.98 bits per heavy atom. The number of carbonyl (C=O) groups is 2. The van der Waals surface area contributed by atoms with Crippen LogP contribution in [0.15, 0.2) is 78.9 Å². The van der Waals surface area contributed by atoms with Crippen molar-refractivity contribution in [1.29, 1.82) is 0 Å². The van der Waals surface area contributed by atoms with Crippen molar-refractivity contribution in [1.82, 2.24) is 9.88 Å². The Morgan fingerprint density at radius 2 is 1.40 bits per heavy atom. The number of aliphatic hydroxyl groups excluding tert-OH is 2. The monoisotopic (exact) mass is 590 g/mol. The fourth-order valence-corrected chi connectivity index (χ4v) is 5.38. The maximum Gasteiger partial charge on any atom is 0.305 e. The molecule has 0 saturated carbocycles. The second-order valence-electron chi connectivity index (χ2n) is 10.9. The van der Waals surface area contributed by atoms with Crippen molar-refractivity contribution < 1.29 is 33.7 Å². The van der Waals surface area contributed by atoms with E-state index in [0.29, 0.717) is 22.4 Å². The molecule has 1 heterocycles. The van der Waals surface area contributed by atoms with Gasteiger partial charge in [-0.1, -0.05) is 54.6 Å². The lowest BCUT2D eigenvalue weighted by atomic mass is 9.92. The van der Waals surface area contributed by atoms with E-state index in [0.717, 1.165) is 16.8 Å². The molecule has 0 aliphatic rings. The van der Waals surface area contributed by atoms with Crippen LogP contribution in [0.25, 0.3) is 22.3 Å². The molecule has 0 aliphatic carbocycles. The molecule has 3 aromatic carbocycles. The summed E-state index contributed by atoms with van der Waals surface area (Å²) in [4.78, 5) is 25.0. The Balaban J connectivity index is 1.84. The van der Waals surface area contributed by atoms with Gasteiger partial charge in [0.15, 0.2) is 0 Å². The summed E-state index contributed by atoms with van der Waals surface area (Å²) in [5, 5.41) is 32.8. The number of aromatic nitrogens is 1. The van der Waals surface area contributed by atoms with Gasteiger partial charge in [-0.2, -0.15) is 0 Å². The molecular formula is C34H36F2N2O5. The minimum Gasteiger partial charge on any atom is -0.481 e. The Hall–Kier alpha value is -4.34. The van der Waals surface area contributed by atoms with E-state index in [2.05, 4.69) is 5.32 Å². The topological polar surface area (TPSA) is 112 Å². The fraction of sp³-hybridized carbons (Fsp3) is 0.294. The first kappa shape index (κ1) is 31.6. The van der Waals surface area contributed by atoms with Crippen LogP contribution >= 0.6 is 0 Å². The molecule has 0 aliphatic heterocycles. The van der Waals surface area contributed by atoms with Gasteiger partial charge in [-0.3, -0.25) is 9.59 Å². The maximum atomic E-state index is 14.0. The molecule has 0 saturated heterocycles. The normalized spacial score (nSPS) is 12.7. The molecule has 0 radical (unpaired) electrons. The summed E-state index contributed by atoms with van der Waals surface area (Å²) in [5.74, 6) is -2.30. The molecule has 9 heteroatoms. The standard InChI is InChI=1S/C34H36F2N2O5/c1-21(2)38-29(17-16-27(39)18-28(40)19-30(41)42)31(24-10-14-26(36)15-11-24)32(23-6-4-3-5-7-23)33(38)34(43)37-20-22-8-12-25(35)13-9-22/h3-15,21,27-28,39-40H,16-20H2,1-2H3,(H,37,43)(H,41,42)/t27-,28+/m0/s1. The van der Waals surface area contributed by atoms with Gasteiger partial charge in [0.05, 0.1) is 18.6 Å². The van der Waals surface area contributed by atoms with Crippen molar-refractivity contribution in [3.05, 3.63) is 107 Å². The minimum absolute atomic E-state index is 0.114. The number of halogens is 2.